The van der Waals surface area contributed by atoms with Gasteiger partial charge in [0.05, 0.1) is 30.6 Å². The molecule has 0 fully saturated rings. The molecule has 0 aliphatic rings. The van der Waals surface area contributed by atoms with E-state index in [-0.39, 0.29) is 0 Å². The highest BCUT2D eigenvalue weighted by Crippen LogP contribution is 2.20. The normalized spacial score (nSPS) is 10.2. The van der Waals surface area contributed by atoms with Gasteiger partial charge >= 0.3 is 5.97 Å². The first-order chi connectivity index (χ1) is 9.10. The molecular formula is C12H15N5O2. The first-order valence-corrected chi connectivity index (χ1v) is 5.66. The van der Waals surface area contributed by atoms with E-state index in [1.165, 1.54) is 7.11 Å². The average molecular weight is 261 g/mol. The number of benzene rings is 1. The lowest BCUT2D eigenvalue weighted by Crippen LogP contribution is -2.07. The number of hydrogen-bond donors (Lipinski definition) is 2. The van der Waals surface area contributed by atoms with Gasteiger partial charge in [-0.25, -0.2) is 9.78 Å². The molecule has 19 heavy (non-hydrogen) atoms. The number of nitrogens with zero attached hydrogens (tertiary/aromatic N) is 3. The number of carbonyl (C=O) groups is 1. The molecule has 0 aliphatic carbocycles. The summed E-state index contributed by atoms with van der Waals surface area (Å²) in [5.41, 5.74) is 7.47. The number of nitrogens with one attached hydrogen (secondary N) is 1. The number of rotatable bonds is 4. The third kappa shape index (κ3) is 3.01. The lowest BCUT2D eigenvalue weighted by Gasteiger charge is -2.09. The van der Waals surface area contributed by atoms with Gasteiger partial charge in [0, 0.05) is 7.05 Å². The van der Waals surface area contributed by atoms with E-state index in [2.05, 4.69) is 20.1 Å². The Kier molecular flexibility index (Phi) is 3.65. The van der Waals surface area contributed by atoms with Crippen LogP contribution in [0.2, 0.25) is 0 Å². The smallest absolute Gasteiger partial charge is 0.337 e. The minimum absolute atomic E-state index is 0.404. The summed E-state index contributed by atoms with van der Waals surface area (Å²) in [5.74, 6) is 0.240. The lowest BCUT2D eigenvalue weighted by molar-refractivity contribution is 0.0601. The number of ether oxygens (including phenoxy) is 1. The van der Waals surface area contributed by atoms with Crippen molar-refractivity contribution in [3.05, 3.63) is 35.9 Å². The van der Waals surface area contributed by atoms with E-state index >= 15 is 0 Å². The van der Waals surface area contributed by atoms with Crippen molar-refractivity contribution in [3.8, 4) is 0 Å². The van der Waals surface area contributed by atoms with Crippen LogP contribution >= 0.6 is 0 Å². The number of aryl methyl sites for hydroxylation is 1. The molecule has 7 heteroatoms. The second-order valence-corrected chi connectivity index (χ2v) is 3.98. The summed E-state index contributed by atoms with van der Waals surface area (Å²) in [4.78, 5) is 15.5. The van der Waals surface area contributed by atoms with Crippen molar-refractivity contribution in [1.29, 1.82) is 0 Å². The fourth-order valence-electron chi connectivity index (χ4n) is 1.59. The van der Waals surface area contributed by atoms with Crippen LogP contribution in [0.1, 0.15) is 16.2 Å². The maximum absolute atomic E-state index is 11.4. The van der Waals surface area contributed by atoms with Crippen LogP contribution in [0, 0.1) is 0 Å². The van der Waals surface area contributed by atoms with Crippen molar-refractivity contribution in [2.75, 3.05) is 18.2 Å². The molecule has 0 atom stereocenters. The molecule has 0 amide bonds. The monoisotopic (exact) mass is 261 g/mol. The first-order valence-electron chi connectivity index (χ1n) is 5.66. The fourth-order valence-corrected chi connectivity index (χ4v) is 1.59. The fraction of sp³-hybridized carbons (Fsp3) is 0.250. The molecule has 2 rings (SSSR count). The molecule has 1 aromatic heterocycles. The molecular weight excluding hydrogens is 246 g/mol. The number of methoxy groups -OCH3 is 1. The Hall–Kier alpha value is -2.57. The van der Waals surface area contributed by atoms with Gasteiger partial charge < -0.3 is 15.8 Å². The highest BCUT2D eigenvalue weighted by molar-refractivity contribution is 5.91. The molecule has 3 N–H and O–H groups in total. The molecule has 1 heterocycles. The lowest BCUT2D eigenvalue weighted by atomic mass is 10.1. The van der Waals surface area contributed by atoms with E-state index in [1.54, 1.807) is 36.3 Å². The number of esters is 1. The maximum atomic E-state index is 11.4. The summed E-state index contributed by atoms with van der Waals surface area (Å²) in [7, 11) is 3.13. The topological polar surface area (TPSA) is 95.1 Å². The number of anilines is 2. The zero-order valence-electron chi connectivity index (χ0n) is 10.8. The number of hydrogen-bond acceptors (Lipinski definition) is 6. The molecule has 0 unspecified atom stereocenters. The van der Waals surface area contributed by atoms with Gasteiger partial charge in [-0.05, 0) is 18.2 Å². The molecule has 0 bridgehead atoms. The minimum atomic E-state index is -0.404. The Labute approximate surface area is 110 Å². The third-order valence-electron chi connectivity index (χ3n) is 2.56. The predicted molar refractivity (Wildman–Crippen MR) is 70.5 cm³/mol. The van der Waals surface area contributed by atoms with Gasteiger partial charge in [0.15, 0.2) is 5.82 Å². The van der Waals surface area contributed by atoms with E-state index in [0.717, 1.165) is 0 Å². The van der Waals surface area contributed by atoms with Gasteiger partial charge in [0.2, 0.25) is 0 Å². The van der Waals surface area contributed by atoms with E-state index in [4.69, 9.17) is 5.73 Å². The Morgan fingerprint density at radius 3 is 2.95 bits per heavy atom. The van der Waals surface area contributed by atoms with Crippen LogP contribution in [0.3, 0.4) is 0 Å². The molecule has 100 valence electrons. The van der Waals surface area contributed by atoms with Crippen molar-refractivity contribution in [3.63, 3.8) is 0 Å². The maximum Gasteiger partial charge on any atom is 0.337 e. The molecule has 0 radical (unpaired) electrons. The van der Waals surface area contributed by atoms with Crippen LogP contribution in [0.25, 0.3) is 0 Å². The summed E-state index contributed by atoms with van der Waals surface area (Å²) < 4.78 is 6.28. The Morgan fingerprint density at radius 1 is 1.53 bits per heavy atom. The average Bonchev–Trinajstić information content (AvgIpc) is 2.82. The summed E-state index contributed by atoms with van der Waals surface area (Å²) in [6.45, 7) is 0.426. The van der Waals surface area contributed by atoms with Crippen molar-refractivity contribution in [1.82, 2.24) is 14.8 Å². The Morgan fingerprint density at radius 2 is 2.32 bits per heavy atom. The highest BCUT2D eigenvalue weighted by Gasteiger charge is 2.08. The highest BCUT2D eigenvalue weighted by atomic mass is 16.5. The third-order valence-corrected chi connectivity index (χ3v) is 2.56. The molecule has 0 saturated carbocycles. The van der Waals surface area contributed by atoms with Crippen LogP contribution in [-0.2, 0) is 18.3 Å². The molecule has 7 nitrogen and oxygen atoms in total. The molecule has 0 saturated heterocycles. The minimum Gasteiger partial charge on any atom is -0.465 e. The van der Waals surface area contributed by atoms with Crippen LogP contribution in [-0.4, -0.2) is 27.8 Å². The Bertz CT molecular complexity index is 594. The first kappa shape index (κ1) is 12.9. The second-order valence-electron chi connectivity index (χ2n) is 3.98. The van der Waals surface area contributed by atoms with Crippen molar-refractivity contribution in [2.24, 2.45) is 7.05 Å². The largest absolute Gasteiger partial charge is 0.465 e. The summed E-state index contributed by atoms with van der Waals surface area (Å²) in [6.07, 6.45) is 1.62. The SMILES string of the molecule is COC(=O)c1ccc(N)c(NCc2ncn(C)n2)c1. The zero-order chi connectivity index (χ0) is 13.8. The van der Waals surface area contributed by atoms with Gasteiger partial charge in [0.1, 0.15) is 6.33 Å². The summed E-state index contributed by atoms with van der Waals surface area (Å²) >= 11 is 0. The number of nitrogen functional groups attached to an aromatic ring is 1. The quantitative estimate of drug-likeness (QED) is 0.624. The molecule has 0 spiro atoms. The summed E-state index contributed by atoms with van der Waals surface area (Å²) in [6, 6.07) is 4.91. The van der Waals surface area contributed by atoms with Crippen LogP contribution in [0.15, 0.2) is 24.5 Å². The van der Waals surface area contributed by atoms with Crippen molar-refractivity contribution < 1.29 is 9.53 Å². The molecule has 0 aliphatic heterocycles. The Balaban J connectivity index is 2.12. The van der Waals surface area contributed by atoms with Crippen LogP contribution in [0.4, 0.5) is 11.4 Å². The predicted octanol–water partition coefficient (Wildman–Crippen LogP) is 0.796. The van der Waals surface area contributed by atoms with Crippen LogP contribution < -0.4 is 11.1 Å². The van der Waals surface area contributed by atoms with Crippen molar-refractivity contribution >= 4 is 17.3 Å². The zero-order valence-corrected chi connectivity index (χ0v) is 10.8. The molecule has 1 aromatic carbocycles. The van der Waals surface area contributed by atoms with Gasteiger partial charge in [-0.3, -0.25) is 4.68 Å². The van der Waals surface area contributed by atoms with Crippen LogP contribution in [0.5, 0.6) is 0 Å². The second kappa shape index (κ2) is 5.38. The number of nitrogens with two attached hydrogens (primary N) is 1. The number of carbonyl (C=O) groups excluding carboxylic acids is 1. The van der Waals surface area contributed by atoms with Gasteiger partial charge in [-0.15, -0.1) is 0 Å². The van der Waals surface area contributed by atoms with Crippen molar-refractivity contribution in [2.45, 2.75) is 6.54 Å². The van der Waals surface area contributed by atoms with E-state index in [0.29, 0.717) is 29.3 Å². The van der Waals surface area contributed by atoms with E-state index < -0.39 is 5.97 Å². The molecule has 2 aromatic rings. The van der Waals surface area contributed by atoms with E-state index in [9.17, 15) is 4.79 Å². The van der Waals surface area contributed by atoms with Gasteiger partial charge in [-0.2, -0.15) is 5.10 Å². The summed E-state index contributed by atoms with van der Waals surface area (Å²) in [5, 5.41) is 7.23. The standard InChI is InChI=1S/C12H15N5O2/c1-17-7-15-11(16-17)6-14-10-5-8(12(18)19-2)3-4-9(10)13/h3-5,7,14H,6,13H2,1-2H3. The number of aromatic nitrogens is 3. The van der Waals surface area contributed by atoms with Gasteiger partial charge in [0.25, 0.3) is 0 Å². The van der Waals surface area contributed by atoms with Gasteiger partial charge in [-0.1, -0.05) is 0 Å². The van der Waals surface area contributed by atoms with E-state index in [1.807, 2.05) is 0 Å².